The number of amides is 1. The molecule has 4 nitrogen and oxygen atoms in total. The van der Waals surface area contributed by atoms with Gasteiger partial charge in [0.15, 0.2) is 0 Å². The average molecular weight is 264 g/mol. The zero-order valence-electron chi connectivity index (χ0n) is 11.7. The third kappa shape index (κ3) is 5.01. The number of nitrogens with one attached hydrogen (secondary N) is 1. The van der Waals surface area contributed by atoms with E-state index in [1.165, 1.54) is 0 Å². The molecule has 4 N–H and O–H groups in total. The van der Waals surface area contributed by atoms with Crippen LogP contribution in [-0.4, -0.2) is 29.7 Å². The normalized spacial score (nSPS) is 15.6. The van der Waals surface area contributed by atoms with Crippen molar-refractivity contribution in [2.45, 2.75) is 38.8 Å². The van der Waals surface area contributed by atoms with Crippen molar-refractivity contribution in [3.05, 3.63) is 35.9 Å². The number of rotatable bonds is 7. The van der Waals surface area contributed by atoms with Crippen LogP contribution in [0.15, 0.2) is 30.3 Å². The molecule has 0 bridgehead atoms. The Morgan fingerprint density at radius 2 is 2.00 bits per heavy atom. The van der Waals surface area contributed by atoms with E-state index in [4.69, 9.17) is 5.73 Å². The van der Waals surface area contributed by atoms with Gasteiger partial charge in [0.1, 0.15) is 0 Å². The van der Waals surface area contributed by atoms with Crippen molar-refractivity contribution in [2.75, 3.05) is 6.61 Å². The molecule has 0 fully saturated rings. The fourth-order valence-corrected chi connectivity index (χ4v) is 1.87. The van der Waals surface area contributed by atoms with Gasteiger partial charge in [0.2, 0.25) is 5.91 Å². The number of hydrogen-bond donors (Lipinski definition) is 3. The van der Waals surface area contributed by atoms with E-state index in [1.807, 2.05) is 44.2 Å². The highest BCUT2D eigenvalue weighted by Gasteiger charge is 2.21. The van der Waals surface area contributed by atoms with E-state index in [2.05, 4.69) is 5.32 Å². The van der Waals surface area contributed by atoms with Gasteiger partial charge in [-0.3, -0.25) is 4.79 Å². The smallest absolute Gasteiger partial charge is 0.237 e. The SMILES string of the molecule is CC[C@H](C)[C@H](N)C(=O)NC(CO)Cc1ccccc1. The molecular weight excluding hydrogens is 240 g/mol. The van der Waals surface area contributed by atoms with E-state index in [0.29, 0.717) is 6.42 Å². The molecule has 1 aromatic rings. The number of carbonyl (C=O) groups is 1. The second kappa shape index (κ2) is 7.92. The molecule has 0 aliphatic heterocycles. The maximum Gasteiger partial charge on any atom is 0.237 e. The third-order valence-corrected chi connectivity index (χ3v) is 3.45. The summed E-state index contributed by atoms with van der Waals surface area (Å²) < 4.78 is 0. The van der Waals surface area contributed by atoms with Crippen molar-refractivity contribution in [3.8, 4) is 0 Å². The second-order valence-electron chi connectivity index (χ2n) is 4.99. The van der Waals surface area contributed by atoms with E-state index in [9.17, 15) is 9.90 Å². The summed E-state index contributed by atoms with van der Waals surface area (Å²) in [4.78, 5) is 12.0. The topological polar surface area (TPSA) is 75.4 Å². The molecule has 0 radical (unpaired) electrons. The van der Waals surface area contributed by atoms with Crippen molar-refractivity contribution in [1.82, 2.24) is 5.32 Å². The standard InChI is InChI=1S/C15H24N2O2/c1-3-11(2)14(16)15(19)17-13(10-18)9-12-7-5-4-6-8-12/h4-8,11,13-14,18H,3,9-10,16H2,1-2H3,(H,17,19)/t11-,13?,14-/m0/s1. The summed E-state index contributed by atoms with van der Waals surface area (Å²) in [6, 6.07) is 8.97. The van der Waals surface area contributed by atoms with E-state index < -0.39 is 6.04 Å². The summed E-state index contributed by atoms with van der Waals surface area (Å²) in [5, 5.41) is 12.2. The van der Waals surface area contributed by atoms with Gasteiger partial charge in [-0.05, 0) is 17.9 Å². The Bertz CT molecular complexity index is 381. The van der Waals surface area contributed by atoms with Gasteiger partial charge in [-0.2, -0.15) is 0 Å². The summed E-state index contributed by atoms with van der Waals surface area (Å²) in [5.41, 5.74) is 6.96. The molecule has 3 atom stereocenters. The Morgan fingerprint density at radius 3 is 2.53 bits per heavy atom. The minimum atomic E-state index is -0.519. The molecule has 1 amide bonds. The van der Waals surface area contributed by atoms with E-state index in [1.54, 1.807) is 0 Å². The van der Waals surface area contributed by atoms with Gasteiger partial charge in [-0.25, -0.2) is 0 Å². The van der Waals surface area contributed by atoms with Crippen molar-refractivity contribution in [1.29, 1.82) is 0 Å². The Balaban J connectivity index is 2.55. The minimum Gasteiger partial charge on any atom is -0.394 e. The molecule has 1 aromatic carbocycles. The first-order valence-corrected chi connectivity index (χ1v) is 6.79. The van der Waals surface area contributed by atoms with E-state index in [-0.39, 0.29) is 24.5 Å². The van der Waals surface area contributed by atoms with Crippen LogP contribution in [0.25, 0.3) is 0 Å². The van der Waals surface area contributed by atoms with Crippen LogP contribution in [0.2, 0.25) is 0 Å². The second-order valence-corrected chi connectivity index (χ2v) is 4.99. The Labute approximate surface area is 115 Å². The zero-order chi connectivity index (χ0) is 14.3. The lowest BCUT2D eigenvalue weighted by molar-refractivity contribution is -0.124. The van der Waals surface area contributed by atoms with Crippen LogP contribution >= 0.6 is 0 Å². The Kier molecular flexibility index (Phi) is 6.53. The van der Waals surface area contributed by atoms with Gasteiger partial charge in [-0.15, -0.1) is 0 Å². The molecule has 0 heterocycles. The van der Waals surface area contributed by atoms with Gasteiger partial charge in [0.25, 0.3) is 0 Å². The molecule has 0 saturated carbocycles. The highest BCUT2D eigenvalue weighted by atomic mass is 16.3. The monoisotopic (exact) mass is 264 g/mol. The van der Waals surface area contributed by atoms with Crippen LogP contribution in [0, 0.1) is 5.92 Å². The van der Waals surface area contributed by atoms with Crippen molar-refractivity contribution >= 4 is 5.91 Å². The number of hydrogen-bond acceptors (Lipinski definition) is 3. The molecule has 0 aliphatic carbocycles. The van der Waals surface area contributed by atoms with Crippen LogP contribution in [0.4, 0.5) is 0 Å². The summed E-state index contributed by atoms with van der Waals surface area (Å²) in [6.45, 7) is 3.87. The molecule has 106 valence electrons. The first-order chi connectivity index (χ1) is 9.08. The van der Waals surface area contributed by atoms with E-state index in [0.717, 1.165) is 12.0 Å². The molecule has 0 aliphatic rings. The molecule has 0 saturated heterocycles. The molecule has 0 spiro atoms. The average Bonchev–Trinajstić information content (AvgIpc) is 2.45. The molecule has 19 heavy (non-hydrogen) atoms. The molecule has 1 rings (SSSR count). The molecular formula is C15H24N2O2. The van der Waals surface area contributed by atoms with Crippen LogP contribution < -0.4 is 11.1 Å². The van der Waals surface area contributed by atoms with Gasteiger partial charge >= 0.3 is 0 Å². The van der Waals surface area contributed by atoms with Crippen LogP contribution in [0.5, 0.6) is 0 Å². The van der Waals surface area contributed by atoms with E-state index >= 15 is 0 Å². The summed E-state index contributed by atoms with van der Waals surface area (Å²) in [6.07, 6.45) is 1.47. The first kappa shape index (κ1) is 15.7. The quantitative estimate of drug-likeness (QED) is 0.690. The van der Waals surface area contributed by atoms with Crippen LogP contribution in [-0.2, 0) is 11.2 Å². The molecule has 0 aromatic heterocycles. The van der Waals surface area contributed by atoms with Gasteiger partial charge in [0, 0.05) is 0 Å². The largest absolute Gasteiger partial charge is 0.394 e. The van der Waals surface area contributed by atoms with Gasteiger partial charge < -0.3 is 16.2 Å². The number of benzene rings is 1. The predicted octanol–water partition coefficient (Wildman–Crippen LogP) is 1.08. The highest BCUT2D eigenvalue weighted by molar-refractivity contribution is 5.82. The zero-order valence-corrected chi connectivity index (χ0v) is 11.7. The lowest BCUT2D eigenvalue weighted by atomic mass is 9.98. The minimum absolute atomic E-state index is 0.0894. The number of aliphatic hydroxyl groups is 1. The Morgan fingerprint density at radius 1 is 1.37 bits per heavy atom. The maximum absolute atomic E-state index is 12.0. The first-order valence-electron chi connectivity index (χ1n) is 6.79. The summed E-state index contributed by atoms with van der Waals surface area (Å²) in [5.74, 6) is -0.0552. The fourth-order valence-electron chi connectivity index (χ4n) is 1.87. The number of carbonyl (C=O) groups excluding carboxylic acids is 1. The summed E-state index contributed by atoms with van der Waals surface area (Å²) in [7, 11) is 0. The van der Waals surface area contributed by atoms with Crippen molar-refractivity contribution in [3.63, 3.8) is 0 Å². The van der Waals surface area contributed by atoms with Crippen LogP contribution in [0.3, 0.4) is 0 Å². The highest BCUT2D eigenvalue weighted by Crippen LogP contribution is 2.07. The lowest BCUT2D eigenvalue weighted by Gasteiger charge is -2.22. The lowest BCUT2D eigenvalue weighted by Crippen LogP contribution is -2.50. The third-order valence-electron chi connectivity index (χ3n) is 3.45. The molecule has 4 heteroatoms. The van der Waals surface area contributed by atoms with Crippen LogP contribution in [0.1, 0.15) is 25.8 Å². The molecule has 1 unspecified atom stereocenters. The number of aliphatic hydroxyl groups excluding tert-OH is 1. The van der Waals surface area contributed by atoms with Crippen molar-refractivity contribution in [2.24, 2.45) is 11.7 Å². The summed E-state index contributed by atoms with van der Waals surface area (Å²) >= 11 is 0. The number of nitrogens with two attached hydrogens (primary N) is 1. The van der Waals surface area contributed by atoms with Gasteiger partial charge in [0.05, 0.1) is 18.7 Å². The Hall–Kier alpha value is -1.39. The predicted molar refractivity (Wildman–Crippen MR) is 76.6 cm³/mol. The van der Waals surface area contributed by atoms with Gasteiger partial charge in [-0.1, -0.05) is 50.6 Å². The maximum atomic E-state index is 12.0. The fraction of sp³-hybridized carbons (Fsp3) is 0.533. The van der Waals surface area contributed by atoms with Crippen molar-refractivity contribution < 1.29 is 9.90 Å².